The molecule has 2 aliphatic rings. The molecule has 5 nitrogen and oxygen atoms in total. The first kappa shape index (κ1) is 16.1. The van der Waals surface area contributed by atoms with Crippen LogP contribution < -0.4 is 0 Å². The number of aliphatic hydroxyl groups is 1. The number of nitrogens with zero attached hydrogens (tertiary/aromatic N) is 3. The van der Waals surface area contributed by atoms with Crippen LogP contribution in [0.2, 0.25) is 5.02 Å². The van der Waals surface area contributed by atoms with Gasteiger partial charge < -0.3 is 9.63 Å². The van der Waals surface area contributed by atoms with Crippen molar-refractivity contribution in [1.29, 1.82) is 0 Å². The SMILES string of the molecule is OC(CN1CCCC(c2noc(C3CC3)n2)C1)c1ccccc1Cl. The number of aromatic nitrogens is 2. The van der Waals surface area contributed by atoms with Crippen LogP contribution in [-0.2, 0) is 0 Å². The first-order valence-corrected chi connectivity index (χ1v) is 9.07. The summed E-state index contributed by atoms with van der Waals surface area (Å²) in [4.78, 5) is 6.87. The Labute approximate surface area is 146 Å². The maximum atomic E-state index is 10.5. The first-order chi connectivity index (χ1) is 11.7. The molecule has 0 spiro atoms. The summed E-state index contributed by atoms with van der Waals surface area (Å²) < 4.78 is 5.40. The van der Waals surface area contributed by atoms with Gasteiger partial charge in [0.15, 0.2) is 5.82 Å². The summed E-state index contributed by atoms with van der Waals surface area (Å²) in [6.45, 7) is 2.41. The van der Waals surface area contributed by atoms with Crippen molar-refractivity contribution in [2.75, 3.05) is 19.6 Å². The summed E-state index contributed by atoms with van der Waals surface area (Å²) >= 11 is 6.19. The van der Waals surface area contributed by atoms with E-state index in [0.29, 0.717) is 17.5 Å². The fourth-order valence-corrected chi connectivity index (χ4v) is 3.69. The summed E-state index contributed by atoms with van der Waals surface area (Å²) in [6, 6.07) is 7.48. The Morgan fingerprint density at radius 3 is 2.88 bits per heavy atom. The molecule has 0 radical (unpaired) electrons. The van der Waals surface area contributed by atoms with E-state index >= 15 is 0 Å². The normalized spacial score (nSPS) is 23.3. The number of likely N-dealkylation sites (tertiary alicyclic amines) is 1. The number of aliphatic hydroxyl groups excluding tert-OH is 1. The summed E-state index contributed by atoms with van der Waals surface area (Å²) in [5.74, 6) is 2.41. The van der Waals surface area contributed by atoms with E-state index in [1.807, 2.05) is 24.3 Å². The summed E-state index contributed by atoms with van der Waals surface area (Å²) in [7, 11) is 0. The molecule has 1 aliphatic carbocycles. The molecule has 1 aliphatic heterocycles. The van der Waals surface area contributed by atoms with E-state index < -0.39 is 6.10 Å². The van der Waals surface area contributed by atoms with Gasteiger partial charge in [0.25, 0.3) is 0 Å². The second kappa shape index (κ2) is 6.82. The van der Waals surface area contributed by atoms with Gasteiger partial charge in [-0.3, -0.25) is 4.90 Å². The molecule has 2 fully saturated rings. The summed E-state index contributed by atoms with van der Waals surface area (Å²) in [6.07, 6.45) is 3.91. The topological polar surface area (TPSA) is 62.4 Å². The second-order valence-electron chi connectivity index (χ2n) is 6.90. The number of rotatable bonds is 5. The zero-order valence-electron chi connectivity index (χ0n) is 13.6. The minimum Gasteiger partial charge on any atom is -0.387 e. The molecule has 4 rings (SSSR count). The predicted molar refractivity (Wildman–Crippen MR) is 91.1 cm³/mol. The van der Waals surface area contributed by atoms with Crippen LogP contribution in [-0.4, -0.2) is 39.8 Å². The first-order valence-electron chi connectivity index (χ1n) is 8.69. The zero-order valence-corrected chi connectivity index (χ0v) is 14.3. The molecule has 2 aromatic rings. The highest BCUT2D eigenvalue weighted by atomic mass is 35.5. The van der Waals surface area contributed by atoms with Crippen LogP contribution in [0.25, 0.3) is 0 Å². The van der Waals surface area contributed by atoms with Gasteiger partial charge in [0.2, 0.25) is 5.89 Å². The molecule has 0 bridgehead atoms. The van der Waals surface area contributed by atoms with Crippen molar-refractivity contribution in [3.63, 3.8) is 0 Å². The van der Waals surface area contributed by atoms with E-state index in [0.717, 1.165) is 43.2 Å². The fraction of sp³-hybridized carbons (Fsp3) is 0.556. The molecule has 128 valence electrons. The molecule has 1 saturated carbocycles. The van der Waals surface area contributed by atoms with E-state index in [2.05, 4.69) is 15.0 Å². The van der Waals surface area contributed by atoms with Gasteiger partial charge in [0, 0.05) is 35.5 Å². The molecule has 1 aromatic carbocycles. The molecule has 6 heteroatoms. The highest BCUT2D eigenvalue weighted by molar-refractivity contribution is 6.31. The molecule has 1 aromatic heterocycles. The summed E-state index contributed by atoms with van der Waals surface area (Å²) in [5.41, 5.74) is 0.789. The Morgan fingerprint density at radius 2 is 2.08 bits per heavy atom. The molecule has 1 N–H and O–H groups in total. The zero-order chi connectivity index (χ0) is 16.5. The number of piperidine rings is 1. The van der Waals surface area contributed by atoms with Gasteiger partial charge in [-0.05, 0) is 38.3 Å². The highest BCUT2D eigenvalue weighted by Gasteiger charge is 2.32. The average molecular weight is 348 g/mol. The predicted octanol–water partition coefficient (Wildman–Crippen LogP) is 3.51. The Bertz CT molecular complexity index is 701. The Morgan fingerprint density at radius 1 is 1.25 bits per heavy atom. The molecule has 0 amide bonds. The van der Waals surface area contributed by atoms with Crippen molar-refractivity contribution in [1.82, 2.24) is 15.0 Å². The van der Waals surface area contributed by atoms with Crippen molar-refractivity contribution < 1.29 is 9.63 Å². The van der Waals surface area contributed by atoms with Crippen molar-refractivity contribution in [2.45, 2.75) is 43.6 Å². The van der Waals surface area contributed by atoms with Crippen LogP contribution in [0.4, 0.5) is 0 Å². The van der Waals surface area contributed by atoms with Gasteiger partial charge in [0.1, 0.15) is 0 Å². The Balaban J connectivity index is 1.40. The number of benzene rings is 1. The molecule has 2 unspecified atom stereocenters. The van der Waals surface area contributed by atoms with Crippen LogP contribution in [0.1, 0.15) is 60.9 Å². The maximum absolute atomic E-state index is 10.5. The van der Waals surface area contributed by atoms with Crippen molar-refractivity contribution in [2.24, 2.45) is 0 Å². The number of β-amino-alcohol motifs (C(OH)–C–C–N with tert-alkyl or cyclic N) is 1. The smallest absolute Gasteiger partial charge is 0.229 e. The van der Waals surface area contributed by atoms with E-state index in [4.69, 9.17) is 16.1 Å². The number of hydrogen-bond donors (Lipinski definition) is 1. The van der Waals surface area contributed by atoms with Gasteiger partial charge in [0.05, 0.1) is 6.10 Å². The van der Waals surface area contributed by atoms with Crippen LogP contribution in [0.3, 0.4) is 0 Å². The van der Waals surface area contributed by atoms with E-state index in [9.17, 15) is 5.11 Å². The average Bonchev–Trinajstić information content (AvgIpc) is 3.32. The fourth-order valence-electron chi connectivity index (χ4n) is 3.43. The quantitative estimate of drug-likeness (QED) is 0.896. The number of halogens is 1. The van der Waals surface area contributed by atoms with Gasteiger partial charge in [-0.1, -0.05) is 35.0 Å². The van der Waals surface area contributed by atoms with Crippen LogP contribution in [0.15, 0.2) is 28.8 Å². The minimum atomic E-state index is -0.579. The number of hydrogen-bond acceptors (Lipinski definition) is 5. The summed E-state index contributed by atoms with van der Waals surface area (Å²) in [5, 5.41) is 15.3. The Hall–Kier alpha value is -1.43. The lowest BCUT2D eigenvalue weighted by molar-refractivity contribution is 0.0943. The van der Waals surface area contributed by atoms with Gasteiger partial charge in [-0.15, -0.1) is 0 Å². The standard InChI is InChI=1S/C18H22ClN3O2/c19-15-6-2-1-5-14(15)16(23)11-22-9-3-4-13(10-22)17-20-18(24-21-17)12-7-8-12/h1-2,5-6,12-13,16,23H,3-4,7-11H2. The van der Waals surface area contributed by atoms with Gasteiger partial charge in [-0.25, -0.2) is 0 Å². The molecule has 2 heterocycles. The van der Waals surface area contributed by atoms with Crippen molar-refractivity contribution in [3.05, 3.63) is 46.6 Å². The van der Waals surface area contributed by atoms with Crippen molar-refractivity contribution in [3.8, 4) is 0 Å². The van der Waals surface area contributed by atoms with Crippen LogP contribution in [0, 0.1) is 0 Å². The second-order valence-corrected chi connectivity index (χ2v) is 7.31. The van der Waals surface area contributed by atoms with E-state index in [-0.39, 0.29) is 5.92 Å². The third-order valence-corrected chi connectivity index (χ3v) is 5.29. The lowest BCUT2D eigenvalue weighted by Gasteiger charge is -2.32. The lowest BCUT2D eigenvalue weighted by atomic mass is 9.96. The molecule has 24 heavy (non-hydrogen) atoms. The Kier molecular flexibility index (Phi) is 4.57. The van der Waals surface area contributed by atoms with Crippen molar-refractivity contribution >= 4 is 11.6 Å². The molecule has 2 atom stereocenters. The minimum absolute atomic E-state index is 0.286. The van der Waals surface area contributed by atoms with E-state index in [1.165, 1.54) is 12.8 Å². The van der Waals surface area contributed by atoms with Crippen LogP contribution in [0.5, 0.6) is 0 Å². The third kappa shape index (κ3) is 3.48. The lowest BCUT2D eigenvalue weighted by Crippen LogP contribution is -2.37. The molecular weight excluding hydrogens is 326 g/mol. The van der Waals surface area contributed by atoms with Crippen LogP contribution >= 0.6 is 11.6 Å². The molecule has 1 saturated heterocycles. The highest BCUT2D eigenvalue weighted by Crippen LogP contribution is 2.39. The van der Waals surface area contributed by atoms with E-state index in [1.54, 1.807) is 0 Å². The largest absolute Gasteiger partial charge is 0.387 e. The monoisotopic (exact) mass is 347 g/mol. The maximum Gasteiger partial charge on any atom is 0.229 e. The third-order valence-electron chi connectivity index (χ3n) is 4.95. The van der Waals surface area contributed by atoms with Gasteiger partial charge in [-0.2, -0.15) is 4.98 Å². The van der Waals surface area contributed by atoms with Gasteiger partial charge >= 0.3 is 0 Å². The molecular formula is C18H22ClN3O2.